The molecule has 5 heteroatoms. The van der Waals surface area contributed by atoms with Gasteiger partial charge in [0.25, 0.3) is 0 Å². The topological polar surface area (TPSA) is 72.8 Å². The molecule has 1 aliphatic rings. The average Bonchev–Trinajstić information content (AvgIpc) is 2.26. The summed E-state index contributed by atoms with van der Waals surface area (Å²) in [5.41, 5.74) is 0.273. The Kier molecular flexibility index (Phi) is 4.33. The highest BCUT2D eigenvalue weighted by Crippen LogP contribution is 2.08. The Morgan fingerprint density at radius 1 is 1.67 bits per heavy atom. The number of carboxylic acid groups (broad SMARTS) is 1. The molecule has 0 amide bonds. The van der Waals surface area contributed by atoms with Crippen molar-refractivity contribution >= 4 is 5.97 Å². The van der Waals surface area contributed by atoms with Gasteiger partial charge in [0.05, 0.1) is 18.3 Å². The fourth-order valence-corrected chi connectivity index (χ4v) is 1.49. The molecule has 0 radical (unpaired) electrons. The van der Waals surface area contributed by atoms with Gasteiger partial charge in [0.15, 0.2) is 0 Å². The average molecular weight is 212 g/mol. The number of carbonyl (C=O) groups is 1. The molecule has 1 rings (SSSR count). The van der Waals surface area contributed by atoms with Crippen molar-refractivity contribution in [3.05, 3.63) is 23.9 Å². The van der Waals surface area contributed by atoms with Crippen LogP contribution in [-0.4, -0.2) is 46.9 Å². The number of rotatable bonds is 5. The van der Waals surface area contributed by atoms with E-state index in [1.165, 1.54) is 6.08 Å². The molecule has 84 valence electrons. The summed E-state index contributed by atoms with van der Waals surface area (Å²) in [7, 11) is 0. The van der Waals surface area contributed by atoms with Crippen LogP contribution < -0.4 is 5.32 Å². The van der Waals surface area contributed by atoms with Gasteiger partial charge in [-0.3, -0.25) is 4.90 Å². The Bertz CT molecular complexity index is 286. The van der Waals surface area contributed by atoms with Gasteiger partial charge in [-0.1, -0.05) is 6.92 Å². The molecule has 15 heavy (non-hydrogen) atoms. The number of hydrogen-bond donors (Lipinski definition) is 3. The number of nitrogens with one attached hydrogen (secondary N) is 1. The van der Waals surface area contributed by atoms with Crippen LogP contribution in [0.15, 0.2) is 23.9 Å². The summed E-state index contributed by atoms with van der Waals surface area (Å²) in [6.45, 7) is 3.29. The third-order valence-electron chi connectivity index (χ3n) is 2.30. The van der Waals surface area contributed by atoms with Gasteiger partial charge in [-0.2, -0.15) is 0 Å². The number of aliphatic carboxylic acids is 1. The van der Waals surface area contributed by atoms with E-state index in [9.17, 15) is 4.79 Å². The Morgan fingerprint density at radius 3 is 2.93 bits per heavy atom. The van der Waals surface area contributed by atoms with E-state index in [1.807, 2.05) is 11.8 Å². The molecule has 0 aromatic rings. The van der Waals surface area contributed by atoms with Gasteiger partial charge in [0, 0.05) is 6.54 Å². The maximum Gasteiger partial charge on any atom is 0.335 e. The van der Waals surface area contributed by atoms with E-state index in [1.54, 1.807) is 12.3 Å². The van der Waals surface area contributed by atoms with Gasteiger partial charge in [-0.05, 0) is 24.9 Å². The van der Waals surface area contributed by atoms with Gasteiger partial charge < -0.3 is 15.5 Å². The summed E-state index contributed by atoms with van der Waals surface area (Å²) in [6.07, 6.45) is 4.62. The van der Waals surface area contributed by atoms with E-state index in [-0.39, 0.29) is 18.3 Å². The lowest BCUT2D eigenvalue weighted by Crippen LogP contribution is -2.45. The summed E-state index contributed by atoms with van der Waals surface area (Å²) >= 11 is 0. The lowest BCUT2D eigenvalue weighted by molar-refractivity contribution is -0.132. The van der Waals surface area contributed by atoms with E-state index >= 15 is 0 Å². The van der Waals surface area contributed by atoms with Crippen LogP contribution in [0, 0.1) is 0 Å². The number of aliphatic hydroxyl groups is 1. The van der Waals surface area contributed by atoms with Crippen molar-refractivity contribution in [2.45, 2.75) is 13.1 Å². The molecule has 3 N–H and O–H groups in total. The van der Waals surface area contributed by atoms with E-state index in [0.717, 1.165) is 6.54 Å². The summed E-state index contributed by atoms with van der Waals surface area (Å²) < 4.78 is 0. The molecule has 0 bridgehead atoms. The molecule has 0 fully saturated rings. The quantitative estimate of drug-likeness (QED) is 0.586. The first-order valence-corrected chi connectivity index (χ1v) is 4.91. The maximum absolute atomic E-state index is 10.8. The summed E-state index contributed by atoms with van der Waals surface area (Å²) in [4.78, 5) is 12.7. The molecule has 0 aromatic carbocycles. The number of aliphatic hydroxyl groups excluding tert-OH is 1. The van der Waals surface area contributed by atoms with Crippen LogP contribution in [0.25, 0.3) is 0 Å². The minimum atomic E-state index is -0.933. The molecule has 0 saturated heterocycles. The second-order valence-corrected chi connectivity index (χ2v) is 3.22. The Labute approximate surface area is 88.7 Å². The second-order valence-electron chi connectivity index (χ2n) is 3.22. The molecular formula is C10H16N2O3. The molecule has 1 atom stereocenters. The third-order valence-corrected chi connectivity index (χ3v) is 2.30. The molecule has 0 saturated carbocycles. The standard InChI is InChI=1S/C10H16N2O3/c1-2-12(5-6-13)9-7-8(10(14)15)3-4-11-9/h3-4,7,9,11,13H,2,5-6H2,1H3,(H,14,15). The number of nitrogens with zero attached hydrogens (tertiary/aromatic N) is 1. The lowest BCUT2D eigenvalue weighted by Gasteiger charge is -2.29. The summed E-state index contributed by atoms with van der Waals surface area (Å²) in [5, 5.41) is 20.7. The zero-order valence-corrected chi connectivity index (χ0v) is 8.68. The van der Waals surface area contributed by atoms with E-state index in [2.05, 4.69) is 5.32 Å². The zero-order valence-electron chi connectivity index (χ0n) is 8.68. The van der Waals surface area contributed by atoms with E-state index in [4.69, 9.17) is 10.2 Å². The van der Waals surface area contributed by atoms with Crippen LogP contribution in [0.4, 0.5) is 0 Å². The number of hydrogen-bond acceptors (Lipinski definition) is 4. The molecule has 1 heterocycles. The number of dihydropyridines is 1. The van der Waals surface area contributed by atoms with Crippen molar-refractivity contribution < 1.29 is 15.0 Å². The van der Waals surface area contributed by atoms with Crippen molar-refractivity contribution in [2.24, 2.45) is 0 Å². The van der Waals surface area contributed by atoms with Gasteiger partial charge in [-0.25, -0.2) is 4.79 Å². The van der Waals surface area contributed by atoms with Crippen LogP contribution in [0.2, 0.25) is 0 Å². The lowest BCUT2D eigenvalue weighted by atomic mass is 10.1. The van der Waals surface area contributed by atoms with Crippen molar-refractivity contribution in [2.75, 3.05) is 19.7 Å². The highest BCUT2D eigenvalue weighted by Gasteiger charge is 2.17. The van der Waals surface area contributed by atoms with Gasteiger partial charge >= 0.3 is 5.97 Å². The van der Waals surface area contributed by atoms with Crippen LogP contribution >= 0.6 is 0 Å². The fourth-order valence-electron chi connectivity index (χ4n) is 1.49. The highest BCUT2D eigenvalue weighted by atomic mass is 16.4. The van der Waals surface area contributed by atoms with Crippen molar-refractivity contribution in [3.8, 4) is 0 Å². The molecule has 0 aromatic heterocycles. The van der Waals surface area contributed by atoms with Gasteiger partial charge in [0.1, 0.15) is 0 Å². The van der Waals surface area contributed by atoms with Crippen LogP contribution in [0.5, 0.6) is 0 Å². The van der Waals surface area contributed by atoms with E-state index in [0.29, 0.717) is 6.54 Å². The first-order valence-electron chi connectivity index (χ1n) is 4.91. The van der Waals surface area contributed by atoms with Gasteiger partial charge in [0.2, 0.25) is 0 Å². The molecule has 5 nitrogen and oxygen atoms in total. The largest absolute Gasteiger partial charge is 0.478 e. The van der Waals surface area contributed by atoms with Crippen LogP contribution in [0.3, 0.4) is 0 Å². The van der Waals surface area contributed by atoms with Gasteiger partial charge in [-0.15, -0.1) is 0 Å². The fraction of sp³-hybridized carbons (Fsp3) is 0.500. The predicted molar refractivity (Wildman–Crippen MR) is 56.1 cm³/mol. The van der Waals surface area contributed by atoms with Crippen molar-refractivity contribution in [3.63, 3.8) is 0 Å². The van der Waals surface area contributed by atoms with Crippen LogP contribution in [-0.2, 0) is 4.79 Å². The molecule has 1 aliphatic heterocycles. The molecule has 0 aliphatic carbocycles. The predicted octanol–water partition coefficient (Wildman–Crippen LogP) is -0.245. The normalized spacial score (nSPS) is 19.9. The molecule has 0 spiro atoms. The van der Waals surface area contributed by atoms with Crippen LogP contribution in [0.1, 0.15) is 6.92 Å². The molecule has 1 unspecified atom stereocenters. The summed E-state index contributed by atoms with van der Waals surface area (Å²) in [6, 6.07) is 0. The van der Waals surface area contributed by atoms with Crippen molar-refractivity contribution in [1.29, 1.82) is 0 Å². The van der Waals surface area contributed by atoms with Crippen molar-refractivity contribution in [1.82, 2.24) is 10.2 Å². The number of likely N-dealkylation sites (N-methyl/N-ethyl adjacent to an activating group) is 1. The number of carboxylic acids is 1. The first-order chi connectivity index (χ1) is 7.19. The molecular weight excluding hydrogens is 196 g/mol. The third kappa shape index (κ3) is 3.07. The Balaban J connectivity index is 2.70. The Morgan fingerprint density at radius 2 is 2.40 bits per heavy atom. The second kappa shape index (κ2) is 5.53. The van der Waals surface area contributed by atoms with E-state index < -0.39 is 5.97 Å². The zero-order chi connectivity index (χ0) is 11.3. The summed E-state index contributed by atoms with van der Waals surface area (Å²) in [5.74, 6) is -0.933. The Hall–Kier alpha value is -1.33. The first kappa shape index (κ1) is 11.7. The minimum absolute atomic E-state index is 0.0615. The monoisotopic (exact) mass is 212 g/mol. The highest BCUT2D eigenvalue weighted by molar-refractivity contribution is 5.90. The minimum Gasteiger partial charge on any atom is -0.478 e. The SMILES string of the molecule is CCN(CCO)C1C=C(C(=O)O)C=CN1. The maximum atomic E-state index is 10.8. The smallest absolute Gasteiger partial charge is 0.335 e.